The Balaban J connectivity index is 2.39. The monoisotopic (exact) mass is 173 g/mol. The van der Waals surface area contributed by atoms with Crippen molar-refractivity contribution in [2.45, 2.75) is 26.1 Å². The summed E-state index contributed by atoms with van der Waals surface area (Å²) in [5.74, 6) is 0. The zero-order valence-electron chi connectivity index (χ0n) is 7.18. The summed E-state index contributed by atoms with van der Waals surface area (Å²) in [5.41, 5.74) is 0. The van der Waals surface area contributed by atoms with Gasteiger partial charge in [-0.25, -0.2) is 0 Å². The number of hydrogen-bond acceptors (Lipinski definition) is 2. The summed E-state index contributed by atoms with van der Waals surface area (Å²) in [6.45, 7) is 9.52. The highest BCUT2D eigenvalue weighted by atomic mass is 28.3. The molecule has 0 aromatic rings. The molecule has 0 bridgehead atoms. The minimum Gasteiger partial charge on any atom is -0.491 e. The maximum absolute atomic E-state index is 5.51. The Kier molecular flexibility index (Phi) is 2.96. The highest BCUT2D eigenvalue weighted by Crippen LogP contribution is 2.11. The van der Waals surface area contributed by atoms with Gasteiger partial charge in [-0.05, 0) is 13.0 Å². The van der Waals surface area contributed by atoms with E-state index >= 15 is 0 Å². The second-order valence-electron chi connectivity index (χ2n) is 3.83. The van der Waals surface area contributed by atoms with Gasteiger partial charge in [0.2, 0.25) is 0 Å². The molecule has 0 atom stereocenters. The van der Waals surface area contributed by atoms with Crippen LogP contribution in [0.2, 0.25) is 19.6 Å². The van der Waals surface area contributed by atoms with Crippen LogP contribution < -0.4 is 0 Å². The summed E-state index contributed by atoms with van der Waals surface area (Å²) in [5, 5.41) is 0. The molecule has 58 valence electrons. The number of hydrogen-bond donors (Lipinski definition) is 0. The van der Waals surface area contributed by atoms with E-state index in [1.165, 1.54) is 13.0 Å². The van der Waals surface area contributed by atoms with Gasteiger partial charge in [0.1, 0.15) is 0 Å². The van der Waals surface area contributed by atoms with Crippen LogP contribution in [-0.4, -0.2) is 40.7 Å². The Morgan fingerprint density at radius 1 is 1.40 bits per heavy atom. The Labute approximate surface area is 70.9 Å². The second-order valence-corrected chi connectivity index (χ2v) is 10.9. The maximum atomic E-state index is 5.51. The lowest BCUT2D eigenvalue weighted by atomic mass is 10.5. The maximum Gasteiger partial charge on any atom is 0.547 e. The molecule has 1 rings (SSSR count). The van der Waals surface area contributed by atoms with Crippen LogP contribution in [0.1, 0.15) is 6.42 Å². The molecule has 0 N–H and O–H groups in total. The van der Waals surface area contributed by atoms with Crippen LogP contribution in [0, 0.1) is 0 Å². The summed E-state index contributed by atoms with van der Waals surface area (Å²) in [4.78, 5) is 0. The van der Waals surface area contributed by atoms with Gasteiger partial charge in [0.05, 0.1) is 8.24 Å². The van der Waals surface area contributed by atoms with E-state index < -0.39 is 8.24 Å². The first-order valence-corrected chi connectivity index (χ1v) is 8.59. The van der Waals surface area contributed by atoms with Crippen LogP contribution in [0.15, 0.2) is 0 Å². The van der Waals surface area contributed by atoms with Gasteiger partial charge in [0.15, 0.2) is 0 Å². The highest BCUT2D eigenvalue weighted by Gasteiger charge is 2.26. The van der Waals surface area contributed by atoms with Crippen molar-refractivity contribution >= 4 is 24.0 Å². The third kappa shape index (κ3) is 2.37. The Morgan fingerprint density at radius 2 is 2.10 bits per heavy atom. The van der Waals surface area contributed by atoms with Gasteiger partial charge in [-0.15, -0.1) is 0 Å². The van der Waals surface area contributed by atoms with E-state index in [0.717, 1.165) is 6.61 Å². The molecule has 0 spiro atoms. The quantitative estimate of drug-likeness (QED) is 0.544. The molecule has 1 aliphatic heterocycles. The SMILES string of the molecule is C[Si](C)(C)[N]1CCC[O][AlH]1. The molecule has 0 aromatic carbocycles. The van der Waals surface area contributed by atoms with E-state index in [1.807, 2.05) is 0 Å². The summed E-state index contributed by atoms with van der Waals surface area (Å²) >= 11 is -0.287. The van der Waals surface area contributed by atoms with Crippen LogP contribution in [0.5, 0.6) is 0 Å². The summed E-state index contributed by atoms with van der Waals surface area (Å²) < 4.78 is 8.14. The van der Waals surface area contributed by atoms with Crippen molar-refractivity contribution in [1.29, 1.82) is 0 Å². The highest BCUT2D eigenvalue weighted by molar-refractivity contribution is 6.78. The van der Waals surface area contributed by atoms with Crippen molar-refractivity contribution in [3.8, 4) is 0 Å². The predicted octanol–water partition coefficient (Wildman–Crippen LogP) is 0.810. The van der Waals surface area contributed by atoms with Gasteiger partial charge in [-0.1, -0.05) is 19.6 Å². The molecule has 4 heteroatoms. The second kappa shape index (κ2) is 3.38. The molecule has 1 fully saturated rings. The van der Waals surface area contributed by atoms with Gasteiger partial charge in [-0.3, -0.25) is 0 Å². The standard InChI is InChI=1S/C6H15NOSi.Al.H/c1-9(2,3)7-5-4-6-8;;/h4-6H2,1-3H3;;/q-2;+2;. The van der Waals surface area contributed by atoms with Crippen molar-refractivity contribution < 1.29 is 3.79 Å². The summed E-state index contributed by atoms with van der Waals surface area (Å²) in [6.07, 6.45) is 1.25. The molecular weight excluding hydrogens is 157 g/mol. The number of nitrogens with zero attached hydrogens (tertiary/aromatic N) is 1. The lowest BCUT2D eigenvalue weighted by Crippen LogP contribution is -2.51. The topological polar surface area (TPSA) is 12.5 Å². The minimum atomic E-state index is -0.986. The molecule has 1 heterocycles. The minimum absolute atomic E-state index is 0.287. The van der Waals surface area contributed by atoms with Gasteiger partial charge < -0.3 is 7.34 Å². The van der Waals surface area contributed by atoms with Crippen molar-refractivity contribution in [3.63, 3.8) is 0 Å². The molecule has 0 radical (unpaired) electrons. The molecule has 0 amide bonds. The number of rotatable bonds is 1. The third-order valence-corrected chi connectivity index (χ3v) is 8.37. The molecule has 0 saturated carbocycles. The zero-order valence-corrected chi connectivity index (χ0v) is 9.60. The van der Waals surface area contributed by atoms with Crippen LogP contribution in [0.25, 0.3) is 0 Å². The van der Waals surface area contributed by atoms with Crippen molar-refractivity contribution in [2.24, 2.45) is 0 Å². The molecular formula is C6H16AlNOSi. The molecule has 2 nitrogen and oxygen atoms in total. The average Bonchev–Trinajstić information content (AvgIpc) is 1.88. The molecule has 0 aliphatic carbocycles. The fourth-order valence-corrected chi connectivity index (χ4v) is 4.68. The lowest BCUT2D eigenvalue weighted by molar-refractivity contribution is 0.259. The first-order valence-electron chi connectivity index (χ1n) is 3.93. The fourth-order valence-electron chi connectivity index (χ4n) is 1.13. The van der Waals surface area contributed by atoms with Crippen LogP contribution in [-0.2, 0) is 3.79 Å². The van der Waals surface area contributed by atoms with E-state index in [0.29, 0.717) is 0 Å². The van der Waals surface area contributed by atoms with E-state index in [1.54, 1.807) is 0 Å². The van der Waals surface area contributed by atoms with Crippen molar-refractivity contribution in [3.05, 3.63) is 0 Å². The van der Waals surface area contributed by atoms with Crippen LogP contribution in [0.3, 0.4) is 0 Å². The van der Waals surface area contributed by atoms with Gasteiger partial charge in [0, 0.05) is 6.61 Å². The van der Waals surface area contributed by atoms with E-state index in [2.05, 4.69) is 23.2 Å². The molecule has 0 aromatic heterocycles. The zero-order chi connectivity index (χ0) is 7.61. The Hall–Kier alpha value is 0.669. The smallest absolute Gasteiger partial charge is 0.491 e. The van der Waals surface area contributed by atoms with Gasteiger partial charge in [-0.2, -0.15) is 0 Å². The van der Waals surface area contributed by atoms with Gasteiger partial charge in [0.25, 0.3) is 0 Å². The Morgan fingerprint density at radius 3 is 2.40 bits per heavy atom. The average molecular weight is 173 g/mol. The third-order valence-electron chi connectivity index (χ3n) is 1.91. The molecule has 0 unspecified atom stereocenters. The fraction of sp³-hybridized carbons (Fsp3) is 1.00. The lowest BCUT2D eigenvalue weighted by Gasteiger charge is -2.36. The first-order chi connectivity index (χ1) is 4.61. The van der Waals surface area contributed by atoms with Crippen molar-refractivity contribution in [2.75, 3.05) is 13.2 Å². The largest absolute Gasteiger partial charge is 0.547 e. The predicted molar refractivity (Wildman–Crippen MR) is 47.8 cm³/mol. The van der Waals surface area contributed by atoms with Crippen LogP contribution >= 0.6 is 0 Å². The van der Waals surface area contributed by atoms with Crippen LogP contribution in [0.4, 0.5) is 0 Å². The van der Waals surface area contributed by atoms with E-state index in [4.69, 9.17) is 3.79 Å². The summed E-state index contributed by atoms with van der Waals surface area (Å²) in [6, 6.07) is 0. The Bertz CT molecular complexity index is 109. The molecule has 1 aliphatic rings. The van der Waals surface area contributed by atoms with Gasteiger partial charge >= 0.3 is 15.8 Å². The van der Waals surface area contributed by atoms with E-state index in [9.17, 15) is 0 Å². The van der Waals surface area contributed by atoms with Crippen molar-refractivity contribution in [1.82, 2.24) is 3.55 Å². The molecule has 10 heavy (non-hydrogen) atoms. The first kappa shape index (κ1) is 8.76. The summed E-state index contributed by atoms with van der Waals surface area (Å²) in [7, 11) is -0.986. The molecule has 1 saturated heterocycles. The normalized spacial score (nSPS) is 22.3. The van der Waals surface area contributed by atoms with E-state index in [-0.39, 0.29) is 15.8 Å².